The van der Waals surface area contributed by atoms with Gasteiger partial charge in [-0.3, -0.25) is 19.1 Å². The lowest BCUT2D eigenvalue weighted by Crippen LogP contribution is -2.15. The molecule has 6 aromatic carbocycles. The summed E-state index contributed by atoms with van der Waals surface area (Å²) in [6.07, 6.45) is 7.30. The van der Waals surface area contributed by atoms with Crippen LogP contribution in [0.15, 0.2) is 183 Å². The molecule has 0 aliphatic carbocycles. The van der Waals surface area contributed by atoms with Crippen LogP contribution in [-0.4, -0.2) is 29.1 Å². The molecule has 10 rings (SSSR count). The summed E-state index contributed by atoms with van der Waals surface area (Å²) in [5, 5.41) is 8.11. The molecule has 0 saturated heterocycles. The molecule has 4 heterocycles. The fraction of sp³-hybridized carbons (Fsp3) is 0. The molecule has 7 nitrogen and oxygen atoms in total. The van der Waals surface area contributed by atoms with E-state index in [4.69, 9.17) is 9.97 Å². The highest BCUT2D eigenvalue weighted by Crippen LogP contribution is 2.32. The zero-order valence-electron chi connectivity index (χ0n) is 28.0. The molecule has 0 amide bonds. The Kier molecular flexibility index (Phi) is 8.37. The maximum atomic E-state index is 5.04. The monoisotopic (exact) mass is 689 g/mol. The average Bonchev–Trinajstić information content (AvgIpc) is 3.72. The minimum absolute atomic E-state index is 0.212. The van der Waals surface area contributed by atoms with E-state index in [1.165, 1.54) is 21.5 Å². The van der Waals surface area contributed by atoms with Crippen molar-refractivity contribution in [3.63, 3.8) is 0 Å². The van der Waals surface area contributed by atoms with Crippen LogP contribution in [-0.2, 0) is 0 Å². The summed E-state index contributed by atoms with van der Waals surface area (Å²) in [7, 11) is 0.212. The molecule has 1 N–H and O–H groups in total. The van der Waals surface area contributed by atoms with E-state index in [1.54, 1.807) is 0 Å². The SMILES string of the molecule is c1ccc(Nc2ccccc2)cc1.c1ccc2c(c1)c1ccccc1n2-c1cncc(Pc2cncc(-n3c4ccccc4c4ccccc43)n2)n1. The first kappa shape index (κ1) is 31.3. The van der Waals surface area contributed by atoms with Crippen molar-refractivity contribution >= 4 is 74.4 Å². The predicted molar refractivity (Wildman–Crippen MR) is 216 cm³/mol. The van der Waals surface area contributed by atoms with E-state index < -0.39 is 0 Å². The molecule has 8 heteroatoms. The quantitative estimate of drug-likeness (QED) is 0.176. The highest BCUT2D eigenvalue weighted by Gasteiger charge is 2.15. The standard InChI is InChI=1S/C32H21N6P.C12H11N/c1-5-13-25-21(9-1)22-10-2-6-14-26(22)37(25)29-17-33-19-31(35-29)39-32-20-34-18-30(36-32)38-27-15-7-3-11-23(27)24-12-4-8-16-28(24)38;1-3-7-11(8-4-1)13-12-9-5-2-6-10-12/h1-20,39H;1-10,13H. The van der Waals surface area contributed by atoms with Crippen molar-refractivity contribution in [3.05, 3.63) is 183 Å². The van der Waals surface area contributed by atoms with Gasteiger partial charge in [0.2, 0.25) is 0 Å². The van der Waals surface area contributed by atoms with E-state index in [1.807, 2.05) is 85.5 Å². The smallest absolute Gasteiger partial charge is 0.156 e. The summed E-state index contributed by atoms with van der Waals surface area (Å²) in [4.78, 5) is 19.2. The third-order valence-corrected chi connectivity index (χ3v) is 9.95. The van der Waals surface area contributed by atoms with Gasteiger partial charge in [0, 0.05) is 32.9 Å². The lowest BCUT2D eigenvalue weighted by Gasteiger charge is -2.10. The number of fused-ring (bicyclic) bond motifs is 6. The molecule has 0 unspecified atom stereocenters. The molecule has 0 spiro atoms. The average molecular weight is 690 g/mol. The second kappa shape index (κ2) is 13.9. The second-order valence-electron chi connectivity index (χ2n) is 12.2. The van der Waals surface area contributed by atoms with Gasteiger partial charge >= 0.3 is 0 Å². The lowest BCUT2D eigenvalue weighted by molar-refractivity contribution is 1.06. The first-order valence-corrected chi connectivity index (χ1v) is 18.1. The van der Waals surface area contributed by atoms with E-state index in [2.05, 4.69) is 121 Å². The summed E-state index contributed by atoms with van der Waals surface area (Å²) in [6.45, 7) is 0. The molecule has 0 aliphatic heterocycles. The van der Waals surface area contributed by atoms with Gasteiger partial charge in [-0.1, -0.05) is 109 Å². The fourth-order valence-corrected chi connectivity index (χ4v) is 7.61. The highest BCUT2D eigenvalue weighted by atomic mass is 31.1. The maximum absolute atomic E-state index is 5.04. The molecule has 0 aliphatic rings. The summed E-state index contributed by atoms with van der Waals surface area (Å²) >= 11 is 0. The van der Waals surface area contributed by atoms with Gasteiger partial charge in [-0.15, -0.1) is 0 Å². The molecule has 4 aromatic heterocycles. The van der Waals surface area contributed by atoms with Gasteiger partial charge in [-0.05, 0) is 57.1 Å². The van der Waals surface area contributed by atoms with Crippen LogP contribution in [0.3, 0.4) is 0 Å². The van der Waals surface area contributed by atoms with E-state index in [0.29, 0.717) is 0 Å². The Morgan fingerprint density at radius 3 is 1.06 bits per heavy atom. The molecule has 0 bridgehead atoms. The van der Waals surface area contributed by atoms with Crippen molar-refractivity contribution in [2.45, 2.75) is 0 Å². The van der Waals surface area contributed by atoms with E-state index >= 15 is 0 Å². The molecule has 0 atom stereocenters. The topological polar surface area (TPSA) is 73.5 Å². The third kappa shape index (κ3) is 6.04. The molecular formula is C44H32N7P. The van der Waals surface area contributed by atoms with Crippen LogP contribution in [0.2, 0.25) is 0 Å². The predicted octanol–water partition coefficient (Wildman–Crippen LogP) is 9.52. The molecular weight excluding hydrogens is 658 g/mol. The number of hydrogen-bond donors (Lipinski definition) is 1. The number of para-hydroxylation sites is 6. The third-order valence-electron chi connectivity index (χ3n) is 8.95. The van der Waals surface area contributed by atoms with Gasteiger partial charge in [0.05, 0.1) is 57.7 Å². The van der Waals surface area contributed by atoms with Crippen LogP contribution in [0.4, 0.5) is 11.4 Å². The summed E-state index contributed by atoms with van der Waals surface area (Å²) in [6, 6.07) is 54.0. The number of rotatable bonds is 6. The zero-order chi connectivity index (χ0) is 34.7. The van der Waals surface area contributed by atoms with E-state index in [-0.39, 0.29) is 8.58 Å². The minimum Gasteiger partial charge on any atom is -0.356 e. The van der Waals surface area contributed by atoms with Crippen LogP contribution in [0.25, 0.3) is 55.2 Å². The van der Waals surface area contributed by atoms with Gasteiger partial charge in [0.15, 0.2) is 11.6 Å². The lowest BCUT2D eigenvalue weighted by atomic mass is 10.2. The van der Waals surface area contributed by atoms with Crippen LogP contribution < -0.4 is 16.2 Å². The Morgan fingerprint density at radius 2 is 0.692 bits per heavy atom. The summed E-state index contributed by atoms with van der Waals surface area (Å²) in [5.41, 5.74) is 8.42. The highest BCUT2D eigenvalue weighted by molar-refractivity contribution is 7.54. The number of benzene rings is 6. The van der Waals surface area contributed by atoms with Crippen LogP contribution >= 0.6 is 8.58 Å². The Hall–Kier alpha value is -6.69. The summed E-state index contributed by atoms with van der Waals surface area (Å²) < 4.78 is 4.37. The van der Waals surface area contributed by atoms with Gasteiger partial charge in [-0.2, -0.15) is 0 Å². The molecule has 0 radical (unpaired) electrons. The molecule has 52 heavy (non-hydrogen) atoms. The largest absolute Gasteiger partial charge is 0.356 e. The second-order valence-corrected chi connectivity index (χ2v) is 13.5. The number of nitrogens with zero attached hydrogens (tertiary/aromatic N) is 6. The van der Waals surface area contributed by atoms with Crippen LogP contribution in [0.1, 0.15) is 0 Å². The van der Waals surface area contributed by atoms with Gasteiger partial charge in [0.25, 0.3) is 0 Å². The maximum Gasteiger partial charge on any atom is 0.156 e. The van der Waals surface area contributed by atoms with Crippen molar-refractivity contribution in [1.29, 1.82) is 0 Å². The Morgan fingerprint density at radius 1 is 0.365 bits per heavy atom. The molecule has 248 valence electrons. The van der Waals surface area contributed by atoms with Gasteiger partial charge in [0.1, 0.15) is 0 Å². The number of aromatic nitrogens is 6. The Labute approximate surface area is 302 Å². The Balaban J connectivity index is 0.000000234. The van der Waals surface area contributed by atoms with Gasteiger partial charge < -0.3 is 5.32 Å². The first-order chi connectivity index (χ1) is 25.8. The normalized spacial score (nSPS) is 11.2. The zero-order valence-corrected chi connectivity index (χ0v) is 29.0. The van der Waals surface area contributed by atoms with E-state index in [9.17, 15) is 0 Å². The van der Waals surface area contributed by atoms with Crippen molar-refractivity contribution < 1.29 is 0 Å². The Bertz CT molecular complexity index is 2510. The summed E-state index contributed by atoms with van der Waals surface area (Å²) in [5.74, 6) is 1.59. The van der Waals surface area contributed by atoms with Crippen molar-refractivity contribution in [2.24, 2.45) is 0 Å². The molecule has 0 fully saturated rings. The number of anilines is 2. The van der Waals surface area contributed by atoms with Gasteiger partial charge in [-0.25, -0.2) is 9.97 Å². The molecule has 0 saturated carbocycles. The van der Waals surface area contributed by atoms with Crippen molar-refractivity contribution in [2.75, 3.05) is 5.32 Å². The van der Waals surface area contributed by atoms with E-state index in [0.717, 1.165) is 55.9 Å². The number of hydrogen-bond acceptors (Lipinski definition) is 5. The minimum atomic E-state index is 0.212. The first-order valence-electron chi connectivity index (χ1n) is 17.1. The molecule has 10 aromatic rings. The number of nitrogens with one attached hydrogen (secondary N) is 1. The van der Waals surface area contributed by atoms with Crippen molar-refractivity contribution in [3.8, 4) is 11.6 Å². The fourth-order valence-electron chi connectivity index (χ4n) is 6.73. The van der Waals surface area contributed by atoms with Crippen LogP contribution in [0, 0.1) is 0 Å². The van der Waals surface area contributed by atoms with Crippen molar-refractivity contribution in [1.82, 2.24) is 29.1 Å². The van der Waals surface area contributed by atoms with Crippen LogP contribution in [0.5, 0.6) is 0 Å².